The molecule has 7 heteroatoms. The van der Waals surface area contributed by atoms with Gasteiger partial charge in [-0.3, -0.25) is 4.90 Å². The van der Waals surface area contributed by atoms with Crippen molar-refractivity contribution >= 4 is 29.9 Å². The molecule has 0 bridgehead atoms. The molecule has 32 heavy (non-hydrogen) atoms. The largest absolute Gasteiger partial charge is 0.497 e. The first-order valence-corrected chi connectivity index (χ1v) is 11.2. The number of morpholine rings is 1. The number of halogens is 1. The monoisotopic (exact) mass is 552 g/mol. The van der Waals surface area contributed by atoms with Gasteiger partial charge < -0.3 is 20.1 Å². The molecule has 0 amide bonds. The Balaban J connectivity index is 0.00000363. The lowest BCUT2D eigenvalue weighted by molar-refractivity contribution is -0.0705. The van der Waals surface area contributed by atoms with E-state index in [0.717, 1.165) is 50.0 Å². The van der Waals surface area contributed by atoms with E-state index in [-0.39, 0.29) is 36.2 Å². The predicted octanol–water partition coefficient (Wildman–Crippen LogP) is 4.18. The molecule has 1 saturated heterocycles. The maximum Gasteiger partial charge on any atom is 0.191 e. The van der Waals surface area contributed by atoms with Crippen LogP contribution in [0.1, 0.15) is 37.5 Å². The summed E-state index contributed by atoms with van der Waals surface area (Å²) in [5.41, 5.74) is 3.79. The van der Waals surface area contributed by atoms with E-state index >= 15 is 0 Å². The molecule has 0 saturated carbocycles. The fraction of sp³-hybridized carbons (Fsp3) is 0.480. The molecule has 0 aliphatic carbocycles. The molecule has 1 fully saturated rings. The van der Waals surface area contributed by atoms with E-state index in [1.165, 1.54) is 11.1 Å². The topological polar surface area (TPSA) is 58.1 Å². The summed E-state index contributed by atoms with van der Waals surface area (Å²) in [5.74, 6) is 1.68. The number of nitrogens with one attached hydrogen (secondary N) is 2. The summed E-state index contributed by atoms with van der Waals surface area (Å²) in [6.07, 6.45) is 0.555. The maximum atomic E-state index is 5.88. The lowest BCUT2D eigenvalue weighted by Crippen LogP contribution is -2.45. The van der Waals surface area contributed by atoms with E-state index in [4.69, 9.17) is 14.5 Å². The number of aliphatic imine (C=N–C) groups is 1. The molecule has 2 aromatic carbocycles. The minimum Gasteiger partial charge on any atom is -0.497 e. The van der Waals surface area contributed by atoms with Gasteiger partial charge in [0.15, 0.2) is 5.96 Å². The highest BCUT2D eigenvalue weighted by molar-refractivity contribution is 14.0. The molecule has 176 valence electrons. The highest BCUT2D eigenvalue weighted by atomic mass is 127. The quantitative estimate of drug-likeness (QED) is 0.293. The van der Waals surface area contributed by atoms with Crippen molar-refractivity contribution in [2.75, 3.05) is 26.7 Å². The molecular weight excluding hydrogens is 515 g/mol. The third-order valence-electron chi connectivity index (χ3n) is 5.38. The Morgan fingerprint density at radius 2 is 1.69 bits per heavy atom. The van der Waals surface area contributed by atoms with E-state index < -0.39 is 0 Å². The average molecular weight is 553 g/mol. The number of rotatable bonds is 8. The molecule has 3 rings (SSSR count). The lowest BCUT2D eigenvalue weighted by Gasteiger charge is -2.35. The second-order valence-electron chi connectivity index (χ2n) is 8.12. The number of ether oxygens (including phenoxy) is 2. The van der Waals surface area contributed by atoms with Crippen molar-refractivity contribution in [1.29, 1.82) is 0 Å². The second kappa shape index (κ2) is 13.6. The summed E-state index contributed by atoms with van der Waals surface area (Å²) in [7, 11) is 1.68. The van der Waals surface area contributed by atoms with Crippen molar-refractivity contribution < 1.29 is 9.47 Å². The highest BCUT2D eigenvalue weighted by Gasteiger charge is 2.22. The smallest absolute Gasteiger partial charge is 0.191 e. The number of benzene rings is 2. The zero-order valence-electron chi connectivity index (χ0n) is 19.6. The maximum absolute atomic E-state index is 5.88. The van der Waals surface area contributed by atoms with Gasteiger partial charge in [-0.25, -0.2) is 4.99 Å². The Kier molecular flexibility index (Phi) is 11.3. The van der Waals surface area contributed by atoms with Crippen LogP contribution in [-0.2, 0) is 24.4 Å². The first kappa shape index (κ1) is 26.4. The fourth-order valence-electron chi connectivity index (χ4n) is 3.96. The van der Waals surface area contributed by atoms with Gasteiger partial charge in [-0.15, -0.1) is 24.0 Å². The van der Waals surface area contributed by atoms with Gasteiger partial charge in [0, 0.05) is 32.7 Å². The molecule has 2 unspecified atom stereocenters. The van der Waals surface area contributed by atoms with Gasteiger partial charge >= 0.3 is 0 Å². The summed E-state index contributed by atoms with van der Waals surface area (Å²) in [5, 5.41) is 6.84. The van der Waals surface area contributed by atoms with E-state index in [1.54, 1.807) is 7.11 Å². The van der Waals surface area contributed by atoms with Crippen molar-refractivity contribution in [3.8, 4) is 5.75 Å². The van der Waals surface area contributed by atoms with Crippen LogP contribution in [0.4, 0.5) is 0 Å². The van der Waals surface area contributed by atoms with E-state index in [1.807, 2.05) is 24.3 Å². The van der Waals surface area contributed by atoms with Gasteiger partial charge in [0.1, 0.15) is 5.75 Å². The lowest BCUT2D eigenvalue weighted by atomic mass is 10.1. The van der Waals surface area contributed by atoms with Crippen LogP contribution in [0.2, 0.25) is 0 Å². The van der Waals surface area contributed by atoms with Gasteiger partial charge in [0.05, 0.1) is 25.9 Å². The number of nitrogens with zero attached hydrogens (tertiary/aromatic N) is 2. The third kappa shape index (κ3) is 8.26. The van der Waals surface area contributed by atoms with Crippen molar-refractivity contribution in [1.82, 2.24) is 15.5 Å². The second-order valence-corrected chi connectivity index (χ2v) is 8.12. The Labute approximate surface area is 209 Å². The van der Waals surface area contributed by atoms with Crippen LogP contribution in [-0.4, -0.2) is 49.8 Å². The van der Waals surface area contributed by atoms with Crippen LogP contribution in [0.3, 0.4) is 0 Å². The summed E-state index contributed by atoms with van der Waals surface area (Å²) in [6, 6.07) is 16.7. The van der Waals surface area contributed by atoms with Gasteiger partial charge in [-0.1, -0.05) is 36.4 Å². The molecule has 0 radical (unpaired) electrons. The van der Waals surface area contributed by atoms with Gasteiger partial charge in [0.2, 0.25) is 0 Å². The molecule has 6 nitrogen and oxygen atoms in total. The van der Waals surface area contributed by atoms with E-state index in [9.17, 15) is 0 Å². The zero-order valence-corrected chi connectivity index (χ0v) is 22.0. The van der Waals surface area contributed by atoms with Crippen LogP contribution in [0.5, 0.6) is 5.75 Å². The first-order chi connectivity index (χ1) is 15.1. The third-order valence-corrected chi connectivity index (χ3v) is 5.38. The summed E-state index contributed by atoms with van der Waals surface area (Å²) in [4.78, 5) is 7.23. The SMILES string of the molecule is CCNC(=NCc1ccc(OC)cc1)NCc1ccccc1CN1CC(C)OC(C)C1.I. The van der Waals surface area contributed by atoms with Crippen molar-refractivity contribution in [2.24, 2.45) is 4.99 Å². The Morgan fingerprint density at radius 3 is 2.31 bits per heavy atom. The number of guanidine groups is 1. The standard InChI is InChI=1S/C25H36N4O2.HI/c1-5-26-25(27-14-21-10-12-24(30-4)13-11-21)28-15-22-8-6-7-9-23(22)18-29-16-19(2)31-20(3)17-29;/h6-13,19-20H,5,14-18H2,1-4H3,(H2,26,27,28);1H. The Bertz CT molecular complexity index is 834. The van der Waals surface area contributed by atoms with Crippen LogP contribution in [0.25, 0.3) is 0 Å². The van der Waals surface area contributed by atoms with Crippen molar-refractivity contribution in [2.45, 2.75) is 52.6 Å². The molecule has 1 aliphatic heterocycles. The van der Waals surface area contributed by atoms with Crippen LogP contribution in [0.15, 0.2) is 53.5 Å². The molecule has 0 aromatic heterocycles. The molecule has 0 spiro atoms. The van der Waals surface area contributed by atoms with Crippen molar-refractivity contribution in [3.63, 3.8) is 0 Å². The molecule has 2 aromatic rings. The molecule has 1 aliphatic rings. The normalized spacial score (nSPS) is 19.2. The summed E-state index contributed by atoms with van der Waals surface area (Å²) < 4.78 is 11.1. The Hall–Kier alpha value is -1.84. The van der Waals surface area contributed by atoms with Crippen molar-refractivity contribution in [3.05, 3.63) is 65.2 Å². The fourth-order valence-corrected chi connectivity index (χ4v) is 3.96. The number of methoxy groups -OCH3 is 1. The van der Waals surface area contributed by atoms with Gasteiger partial charge in [-0.05, 0) is 49.6 Å². The minimum absolute atomic E-state index is 0. The van der Waals surface area contributed by atoms with Gasteiger partial charge in [0.25, 0.3) is 0 Å². The Morgan fingerprint density at radius 1 is 1.03 bits per heavy atom. The van der Waals surface area contributed by atoms with E-state index in [2.05, 4.69) is 60.6 Å². The van der Waals surface area contributed by atoms with Crippen LogP contribution in [0, 0.1) is 0 Å². The molecule has 1 heterocycles. The first-order valence-electron chi connectivity index (χ1n) is 11.2. The van der Waals surface area contributed by atoms with Crippen LogP contribution < -0.4 is 15.4 Å². The van der Waals surface area contributed by atoms with E-state index in [0.29, 0.717) is 6.54 Å². The average Bonchev–Trinajstić information content (AvgIpc) is 2.76. The van der Waals surface area contributed by atoms with Gasteiger partial charge in [-0.2, -0.15) is 0 Å². The van der Waals surface area contributed by atoms with Crippen LogP contribution >= 0.6 is 24.0 Å². The molecule has 2 N–H and O–H groups in total. The highest BCUT2D eigenvalue weighted by Crippen LogP contribution is 2.17. The molecular formula is C25H37IN4O2. The predicted molar refractivity (Wildman–Crippen MR) is 142 cm³/mol. The summed E-state index contributed by atoms with van der Waals surface area (Å²) in [6.45, 7) is 11.4. The number of hydrogen-bond acceptors (Lipinski definition) is 4. The summed E-state index contributed by atoms with van der Waals surface area (Å²) >= 11 is 0. The molecule has 2 atom stereocenters. The minimum atomic E-state index is 0. The zero-order chi connectivity index (χ0) is 22.1. The number of hydrogen-bond donors (Lipinski definition) is 2.